The van der Waals surface area contributed by atoms with E-state index >= 15 is 0 Å². The normalized spacial score (nSPS) is 18.4. The third-order valence-corrected chi connectivity index (χ3v) is 3.28. The highest BCUT2D eigenvalue weighted by molar-refractivity contribution is 5.79. The second kappa shape index (κ2) is 8.35. The Balaban J connectivity index is 2.18. The summed E-state index contributed by atoms with van der Waals surface area (Å²) in [6, 6.07) is 0. The first-order valence-corrected chi connectivity index (χ1v) is 6.87. The second-order valence-corrected chi connectivity index (χ2v) is 5.27. The molecule has 0 unspecified atom stereocenters. The summed E-state index contributed by atoms with van der Waals surface area (Å²) in [5.41, 5.74) is -0.193. The molecule has 1 rings (SSSR count). The van der Waals surface area contributed by atoms with Crippen LogP contribution in [0.3, 0.4) is 0 Å². The zero-order valence-electron chi connectivity index (χ0n) is 12.7. The zero-order valence-corrected chi connectivity index (χ0v) is 12.7. The van der Waals surface area contributed by atoms with Crippen molar-refractivity contribution >= 4 is 5.96 Å². The molecule has 1 aliphatic rings. The number of nitrogens with one attached hydrogen (secondary N) is 2. The van der Waals surface area contributed by atoms with Crippen LogP contribution in [0.2, 0.25) is 0 Å². The smallest absolute Gasteiger partial charge is 0.191 e. The van der Waals surface area contributed by atoms with Crippen LogP contribution >= 0.6 is 0 Å². The summed E-state index contributed by atoms with van der Waals surface area (Å²) >= 11 is 0. The van der Waals surface area contributed by atoms with E-state index in [0.717, 1.165) is 51.9 Å². The van der Waals surface area contributed by atoms with Gasteiger partial charge in [-0.05, 0) is 13.8 Å². The minimum Gasteiger partial charge on any atom is -0.379 e. The summed E-state index contributed by atoms with van der Waals surface area (Å²) in [4.78, 5) is 6.60. The van der Waals surface area contributed by atoms with Gasteiger partial charge in [0.25, 0.3) is 0 Å². The Morgan fingerprint density at radius 2 is 2.00 bits per heavy atom. The number of aliphatic imine (C=N–C) groups is 1. The Bertz CT molecular complexity index is 276. The summed E-state index contributed by atoms with van der Waals surface area (Å²) in [7, 11) is 3.50. The molecule has 0 amide bonds. The number of methoxy groups -OCH3 is 1. The van der Waals surface area contributed by atoms with Crippen molar-refractivity contribution in [2.75, 3.05) is 60.1 Å². The molecule has 2 N–H and O–H groups in total. The first kappa shape index (κ1) is 16.2. The molecule has 0 aromatic rings. The van der Waals surface area contributed by atoms with Crippen LogP contribution in [0.4, 0.5) is 0 Å². The summed E-state index contributed by atoms with van der Waals surface area (Å²) in [5, 5.41) is 6.58. The Kier molecular flexibility index (Phi) is 7.12. The monoisotopic (exact) mass is 272 g/mol. The predicted octanol–water partition coefficient (Wildman–Crippen LogP) is -0.0914. The average Bonchev–Trinajstić information content (AvgIpc) is 2.43. The number of rotatable bonds is 6. The van der Waals surface area contributed by atoms with Gasteiger partial charge in [0.2, 0.25) is 0 Å². The number of nitrogens with zero attached hydrogens (tertiary/aromatic N) is 2. The highest BCUT2D eigenvalue weighted by Crippen LogP contribution is 2.04. The van der Waals surface area contributed by atoms with Gasteiger partial charge >= 0.3 is 0 Å². The van der Waals surface area contributed by atoms with Crippen molar-refractivity contribution in [2.24, 2.45) is 4.99 Å². The van der Waals surface area contributed by atoms with E-state index in [4.69, 9.17) is 9.47 Å². The SMILES string of the molecule is CN=C(NCCN1CCOCC1)NCC(C)(C)OC. The minimum absolute atomic E-state index is 0.193. The number of hydrogen-bond acceptors (Lipinski definition) is 4. The Morgan fingerprint density at radius 3 is 2.58 bits per heavy atom. The van der Waals surface area contributed by atoms with E-state index in [-0.39, 0.29) is 5.60 Å². The highest BCUT2D eigenvalue weighted by atomic mass is 16.5. The fourth-order valence-corrected chi connectivity index (χ4v) is 1.75. The fraction of sp³-hybridized carbons (Fsp3) is 0.923. The van der Waals surface area contributed by atoms with Gasteiger partial charge in [0.05, 0.1) is 18.8 Å². The zero-order chi connectivity index (χ0) is 14.1. The summed E-state index contributed by atoms with van der Waals surface area (Å²) in [6.45, 7) is 10.4. The van der Waals surface area contributed by atoms with E-state index in [2.05, 4.69) is 20.5 Å². The first-order chi connectivity index (χ1) is 9.07. The van der Waals surface area contributed by atoms with Gasteiger partial charge in [0.15, 0.2) is 5.96 Å². The fourth-order valence-electron chi connectivity index (χ4n) is 1.75. The van der Waals surface area contributed by atoms with Crippen molar-refractivity contribution in [1.29, 1.82) is 0 Å². The van der Waals surface area contributed by atoms with Crippen LogP contribution in [0.25, 0.3) is 0 Å². The largest absolute Gasteiger partial charge is 0.379 e. The maximum Gasteiger partial charge on any atom is 0.191 e. The number of guanidine groups is 1. The van der Waals surface area contributed by atoms with Crippen molar-refractivity contribution in [2.45, 2.75) is 19.4 Å². The van der Waals surface area contributed by atoms with Gasteiger partial charge in [-0.1, -0.05) is 0 Å². The maximum absolute atomic E-state index is 5.36. The molecule has 1 fully saturated rings. The van der Waals surface area contributed by atoms with E-state index < -0.39 is 0 Å². The molecule has 112 valence electrons. The molecule has 0 aromatic heterocycles. The molecule has 0 saturated carbocycles. The van der Waals surface area contributed by atoms with Crippen molar-refractivity contribution in [3.8, 4) is 0 Å². The topological polar surface area (TPSA) is 58.1 Å². The Morgan fingerprint density at radius 1 is 1.32 bits per heavy atom. The van der Waals surface area contributed by atoms with Crippen LogP contribution in [-0.2, 0) is 9.47 Å². The predicted molar refractivity (Wildman–Crippen MR) is 77.7 cm³/mol. The van der Waals surface area contributed by atoms with Crippen molar-refractivity contribution in [3.63, 3.8) is 0 Å². The highest BCUT2D eigenvalue weighted by Gasteiger charge is 2.16. The molecular weight excluding hydrogens is 244 g/mol. The van der Waals surface area contributed by atoms with Crippen LogP contribution in [0.1, 0.15) is 13.8 Å². The molecule has 0 spiro atoms. The lowest BCUT2D eigenvalue weighted by atomic mass is 10.1. The van der Waals surface area contributed by atoms with Crippen LogP contribution in [0, 0.1) is 0 Å². The molecule has 1 aliphatic heterocycles. The molecule has 1 saturated heterocycles. The van der Waals surface area contributed by atoms with Crippen LogP contribution in [0.15, 0.2) is 4.99 Å². The molecule has 0 bridgehead atoms. The third-order valence-electron chi connectivity index (χ3n) is 3.28. The molecule has 1 heterocycles. The van der Waals surface area contributed by atoms with Gasteiger partial charge in [0, 0.05) is 46.9 Å². The van der Waals surface area contributed by atoms with Crippen molar-refractivity contribution in [1.82, 2.24) is 15.5 Å². The van der Waals surface area contributed by atoms with E-state index in [1.54, 1.807) is 14.2 Å². The lowest BCUT2D eigenvalue weighted by Crippen LogP contribution is -2.47. The molecule has 0 radical (unpaired) electrons. The van der Waals surface area contributed by atoms with Crippen LogP contribution < -0.4 is 10.6 Å². The third kappa shape index (κ3) is 6.75. The van der Waals surface area contributed by atoms with Gasteiger partial charge in [0.1, 0.15) is 0 Å². The average molecular weight is 272 g/mol. The Labute approximate surface area is 116 Å². The second-order valence-electron chi connectivity index (χ2n) is 5.27. The number of hydrogen-bond donors (Lipinski definition) is 2. The minimum atomic E-state index is -0.193. The van der Waals surface area contributed by atoms with Crippen molar-refractivity contribution < 1.29 is 9.47 Å². The van der Waals surface area contributed by atoms with Crippen LogP contribution in [0.5, 0.6) is 0 Å². The summed E-state index contributed by atoms with van der Waals surface area (Å²) in [6.07, 6.45) is 0. The Hall–Kier alpha value is -0.850. The van der Waals surface area contributed by atoms with Gasteiger partial charge in [-0.3, -0.25) is 9.89 Å². The molecule has 0 aliphatic carbocycles. The van der Waals surface area contributed by atoms with Crippen LogP contribution in [-0.4, -0.2) is 76.6 Å². The van der Waals surface area contributed by atoms with E-state index in [0.29, 0.717) is 0 Å². The summed E-state index contributed by atoms with van der Waals surface area (Å²) < 4.78 is 10.7. The number of morpholine rings is 1. The lowest BCUT2D eigenvalue weighted by Gasteiger charge is -2.27. The van der Waals surface area contributed by atoms with Gasteiger partial charge in [-0.2, -0.15) is 0 Å². The van der Waals surface area contributed by atoms with Gasteiger partial charge < -0.3 is 20.1 Å². The number of ether oxygens (including phenoxy) is 2. The quantitative estimate of drug-likeness (QED) is 0.523. The standard InChI is InChI=1S/C13H28N4O2/c1-13(2,18-4)11-16-12(14-3)15-5-6-17-7-9-19-10-8-17/h5-11H2,1-4H3,(H2,14,15,16). The molecule has 0 aromatic carbocycles. The van der Waals surface area contributed by atoms with Crippen molar-refractivity contribution in [3.05, 3.63) is 0 Å². The van der Waals surface area contributed by atoms with Gasteiger partial charge in [-0.25, -0.2) is 0 Å². The summed E-state index contributed by atoms with van der Waals surface area (Å²) in [5.74, 6) is 0.818. The maximum atomic E-state index is 5.36. The molecule has 0 atom stereocenters. The van der Waals surface area contributed by atoms with E-state index in [1.165, 1.54) is 0 Å². The van der Waals surface area contributed by atoms with E-state index in [9.17, 15) is 0 Å². The molecular formula is C13H28N4O2. The molecule has 6 heteroatoms. The lowest BCUT2D eigenvalue weighted by molar-refractivity contribution is 0.0267. The molecule has 19 heavy (non-hydrogen) atoms. The first-order valence-electron chi connectivity index (χ1n) is 6.87. The molecule has 6 nitrogen and oxygen atoms in total. The van der Waals surface area contributed by atoms with Gasteiger partial charge in [-0.15, -0.1) is 0 Å². The van der Waals surface area contributed by atoms with E-state index in [1.807, 2.05) is 13.8 Å².